The molecule has 1 saturated heterocycles. The van der Waals surface area contributed by atoms with E-state index in [1.54, 1.807) is 0 Å². The topological polar surface area (TPSA) is 26.3 Å². The molecule has 2 heteroatoms. The average molecular weight is 240 g/mol. The second-order valence-corrected chi connectivity index (χ2v) is 5.32. The fraction of sp³-hybridized carbons (Fsp3) is 0.312. The van der Waals surface area contributed by atoms with E-state index < -0.39 is 5.60 Å². The van der Waals surface area contributed by atoms with Crippen LogP contribution in [0.25, 0.3) is 10.8 Å². The van der Waals surface area contributed by atoms with E-state index in [0.29, 0.717) is 0 Å². The Morgan fingerprint density at radius 2 is 1.89 bits per heavy atom. The number of cyclic esters (lactones) is 1. The molecule has 18 heavy (non-hydrogen) atoms. The molecule has 0 N–H and O–H groups in total. The molecule has 2 atom stereocenters. The number of carbonyl (C=O) groups is 1. The second-order valence-electron chi connectivity index (χ2n) is 5.32. The van der Waals surface area contributed by atoms with Crippen LogP contribution in [-0.4, -0.2) is 5.97 Å². The summed E-state index contributed by atoms with van der Waals surface area (Å²) in [7, 11) is 0. The highest BCUT2D eigenvalue weighted by molar-refractivity contribution is 5.83. The molecule has 92 valence electrons. The van der Waals surface area contributed by atoms with Crippen molar-refractivity contribution in [2.45, 2.75) is 25.9 Å². The summed E-state index contributed by atoms with van der Waals surface area (Å²) in [6.45, 7) is 3.92. The Morgan fingerprint density at radius 3 is 2.56 bits per heavy atom. The normalized spacial score (nSPS) is 27.4. The van der Waals surface area contributed by atoms with E-state index in [9.17, 15) is 4.79 Å². The van der Waals surface area contributed by atoms with Crippen LogP contribution >= 0.6 is 0 Å². The molecule has 1 fully saturated rings. The molecule has 2 unspecified atom stereocenters. The third-order valence-electron chi connectivity index (χ3n) is 3.78. The van der Waals surface area contributed by atoms with Crippen LogP contribution in [-0.2, 0) is 15.1 Å². The molecular formula is C16H16O2. The van der Waals surface area contributed by atoms with Crippen LogP contribution in [0.4, 0.5) is 0 Å². The molecule has 0 radical (unpaired) electrons. The Morgan fingerprint density at radius 1 is 1.17 bits per heavy atom. The van der Waals surface area contributed by atoms with E-state index >= 15 is 0 Å². The van der Waals surface area contributed by atoms with Crippen LogP contribution in [0.5, 0.6) is 0 Å². The molecule has 1 aliphatic rings. The molecule has 3 rings (SSSR count). The van der Waals surface area contributed by atoms with Gasteiger partial charge >= 0.3 is 5.97 Å². The van der Waals surface area contributed by atoms with Crippen molar-refractivity contribution in [2.75, 3.05) is 0 Å². The van der Waals surface area contributed by atoms with Crippen molar-refractivity contribution in [3.63, 3.8) is 0 Å². The minimum Gasteiger partial charge on any atom is -0.454 e. The van der Waals surface area contributed by atoms with Gasteiger partial charge in [0.2, 0.25) is 0 Å². The highest BCUT2D eigenvalue weighted by atomic mass is 16.6. The minimum atomic E-state index is -0.472. The number of rotatable bonds is 1. The molecule has 1 heterocycles. The van der Waals surface area contributed by atoms with Gasteiger partial charge in [-0.15, -0.1) is 0 Å². The molecule has 0 saturated carbocycles. The summed E-state index contributed by atoms with van der Waals surface area (Å²) in [5, 5.41) is 2.40. The van der Waals surface area contributed by atoms with Crippen LogP contribution in [0.15, 0.2) is 42.5 Å². The first-order chi connectivity index (χ1) is 8.58. The van der Waals surface area contributed by atoms with Crippen molar-refractivity contribution >= 4 is 16.7 Å². The summed E-state index contributed by atoms with van der Waals surface area (Å²) >= 11 is 0. The third kappa shape index (κ3) is 1.69. The van der Waals surface area contributed by atoms with Gasteiger partial charge < -0.3 is 4.74 Å². The predicted molar refractivity (Wildman–Crippen MR) is 71.2 cm³/mol. The number of esters is 1. The van der Waals surface area contributed by atoms with Crippen LogP contribution in [0.1, 0.15) is 25.8 Å². The van der Waals surface area contributed by atoms with Gasteiger partial charge in [0, 0.05) is 6.42 Å². The fourth-order valence-corrected chi connectivity index (χ4v) is 2.73. The van der Waals surface area contributed by atoms with Crippen molar-refractivity contribution in [3.05, 3.63) is 48.0 Å². The number of carbonyl (C=O) groups excluding carboxylic acids is 1. The van der Waals surface area contributed by atoms with E-state index in [-0.39, 0.29) is 11.9 Å². The Kier molecular flexibility index (Phi) is 2.40. The standard InChI is InChI=1S/C16H16O2/c1-11-10-16(2,18-15(11)17)14-8-7-12-5-3-4-6-13(12)9-14/h3-9,11H,10H2,1-2H3. The maximum absolute atomic E-state index is 11.6. The molecule has 0 aromatic heterocycles. The van der Waals surface area contributed by atoms with Crippen LogP contribution in [0.3, 0.4) is 0 Å². The zero-order chi connectivity index (χ0) is 12.8. The van der Waals surface area contributed by atoms with Gasteiger partial charge in [0.1, 0.15) is 5.60 Å². The maximum atomic E-state index is 11.6. The molecule has 1 aliphatic heterocycles. The first-order valence-corrected chi connectivity index (χ1v) is 6.31. The van der Waals surface area contributed by atoms with Gasteiger partial charge in [0.15, 0.2) is 0 Å². The number of hydrogen-bond acceptors (Lipinski definition) is 2. The Labute approximate surface area is 107 Å². The minimum absolute atomic E-state index is 0.0125. The molecule has 0 amide bonds. The van der Waals surface area contributed by atoms with Crippen molar-refractivity contribution in [1.82, 2.24) is 0 Å². The molecule has 0 bridgehead atoms. The predicted octanol–water partition coefficient (Wildman–Crippen LogP) is 3.64. The lowest BCUT2D eigenvalue weighted by molar-refractivity contribution is -0.149. The third-order valence-corrected chi connectivity index (χ3v) is 3.78. The van der Waals surface area contributed by atoms with Crippen molar-refractivity contribution in [2.24, 2.45) is 5.92 Å². The first kappa shape index (κ1) is 11.3. The number of fused-ring (bicyclic) bond motifs is 1. The smallest absolute Gasteiger partial charge is 0.309 e. The van der Waals surface area contributed by atoms with E-state index in [0.717, 1.165) is 12.0 Å². The van der Waals surface area contributed by atoms with E-state index in [1.807, 2.05) is 26.0 Å². The van der Waals surface area contributed by atoms with Gasteiger partial charge in [-0.25, -0.2) is 0 Å². The van der Waals surface area contributed by atoms with Crippen LogP contribution < -0.4 is 0 Å². The number of hydrogen-bond donors (Lipinski definition) is 0. The fourth-order valence-electron chi connectivity index (χ4n) is 2.73. The summed E-state index contributed by atoms with van der Waals surface area (Å²) in [4.78, 5) is 11.6. The van der Waals surface area contributed by atoms with E-state index in [2.05, 4.69) is 30.3 Å². The summed E-state index contributed by atoms with van der Waals surface area (Å²) in [5.74, 6) is -0.105. The number of ether oxygens (including phenoxy) is 1. The Balaban J connectivity index is 2.07. The molecule has 0 aliphatic carbocycles. The first-order valence-electron chi connectivity index (χ1n) is 6.31. The van der Waals surface area contributed by atoms with Crippen molar-refractivity contribution in [1.29, 1.82) is 0 Å². The summed E-state index contributed by atoms with van der Waals surface area (Å²) in [6.07, 6.45) is 0.754. The van der Waals surface area contributed by atoms with Crippen LogP contribution in [0.2, 0.25) is 0 Å². The van der Waals surface area contributed by atoms with Gasteiger partial charge in [-0.2, -0.15) is 0 Å². The van der Waals surface area contributed by atoms with Gasteiger partial charge in [0.25, 0.3) is 0 Å². The Hall–Kier alpha value is -1.83. The SMILES string of the molecule is CC1CC(C)(c2ccc3ccccc3c2)OC1=O. The van der Waals surface area contributed by atoms with Crippen molar-refractivity contribution in [3.8, 4) is 0 Å². The molecule has 2 nitrogen and oxygen atoms in total. The average Bonchev–Trinajstić information content (AvgIpc) is 2.64. The zero-order valence-electron chi connectivity index (χ0n) is 10.6. The highest BCUT2D eigenvalue weighted by Crippen LogP contribution is 2.40. The second kappa shape index (κ2) is 3.84. The molecule has 2 aromatic carbocycles. The lowest BCUT2D eigenvalue weighted by Crippen LogP contribution is -2.20. The summed E-state index contributed by atoms with van der Waals surface area (Å²) in [6, 6.07) is 14.5. The molecular weight excluding hydrogens is 224 g/mol. The highest BCUT2D eigenvalue weighted by Gasteiger charge is 2.42. The molecule has 0 spiro atoms. The van der Waals surface area contributed by atoms with E-state index in [1.165, 1.54) is 10.8 Å². The van der Waals surface area contributed by atoms with Gasteiger partial charge in [-0.05, 0) is 29.3 Å². The van der Waals surface area contributed by atoms with Crippen molar-refractivity contribution < 1.29 is 9.53 Å². The van der Waals surface area contributed by atoms with E-state index in [4.69, 9.17) is 4.74 Å². The quantitative estimate of drug-likeness (QED) is 0.711. The van der Waals surface area contributed by atoms with Gasteiger partial charge in [0.05, 0.1) is 5.92 Å². The number of benzene rings is 2. The van der Waals surface area contributed by atoms with Gasteiger partial charge in [-0.3, -0.25) is 4.79 Å². The maximum Gasteiger partial charge on any atom is 0.309 e. The monoisotopic (exact) mass is 240 g/mol. The lowest BCUT2D eigenvalue weighted by Gasteiger charge is -2.23. The summed E-state index contributed by atoms with van der Waals surface area (Å²) in [5.41, 5.74) is 0.611. The Bertz CT molecular complexity index is 617. The molecule has 2 aromatic rings. The van der Waals surface area contributed by atoms with Crippen LogP contribution in [0, 0.1) is 5.92 Å². The van der Waals surface area contributed by atoms with Gasteiger partial charge in [-0.1, -0.05) is 43.3 Å². The zero-order valence-corrected chi connectivity index (χ0v) is 10.6. The summed E-state index contributed by atoms with van der Waals surface area (Å²) < 4.78 is 5.56. The lowest BCUT2D eigenvalue weighted by atomic mass is 9.88. The largest absolute Gasteiger partial charge is 0.454 e.